The third-order valence-corrected chi connectivity index (χ3v) is 5.81. The van der Waals surface area contributed by atoms with E-state index in [1.807, 2.05) is 0 Å². The number of rotatable bonds is 7. The number of hydrogen-bond acceptors (Lipinski definition) is 5. The Hall–Kier alpha value is -2.27. The van der Waals surface area contributed by atoms with Crippen LogP contribution >= 0.6 is 0 Å². The van der Waals surface area contributed by atoms with Gasteiger partial charge >= 0.3 is 5.97 Å². The molecule has 0 aliphatic rings. The summed E-state index contributed by atoms with van der Waals surface area (Å²) in [7, 11) is -7.76. The molecule has 2 aromatic carbocycles. The Morgan fingerprint density at radius 3 is 2.16 bits per heavy atom. The van der Waals surface area contributed by atoms with Gasteiger partial charge in [0.25, 0.3) is 0 Å². The third-order valence-electron chi connectivity index (χ3n) is 3.36. The molecule has 0 heterocycles. The van der Waals surface area contributed by atoms with Crippen molar-refractivity contribution in [1.82, 2.24) is 4.72 Å². The maximum Gasteiger partial charge on any atom is 0.337 e. The fourth-order valence-electron chi connectivity index (χ4n) is 2.13. The molecule has 4 N–H and O–H groups in total. The average Bonchev–Trinajstić information content (AvgIpc) is 2.54. The molecular formula is C15H16N2O6S2. The van der Waals surface area contributed by atoms with Crippen LogP contribution in [0.1, 0.15) is 15.9 Å². The number of primary sulfonamides is 1. The summed E-state index contributed by atoms with van der Waals surface area (Å²) < 4.78 is 49.2. The summed E-state index contributed by atoms with van der Waals surface area (Å²) in [5, 5.41) is 14.1. The van der Waals surface area contributed by atoms with E-state index in [1.165, 1.54) is 48.5 Å². The largest absolute Gasteiger partial charge is 0.478 e. The third kappa shape index (κ3) is 4.86. The van der Waals surface area contributed by atoms with E-state index in [2.05, 4.69) is 4.72 Å². The van der Waals surface area contributed by atoms with Crippen LogP contribution in [0.15, 0.2) is 58.3 Å². The zero-order valence-electron chi connectivity index (χ0n) is 12.9. The molecule has 10 heteroatoms. The fraction of sp³-hybridized carbons (Fsp3) is 0.133. The molecular weight excluding hydrogens is 368 g/mol. The first-order chi connectivity index (χ1) is 11.6. The lowest BCUT2D eigenvalue weighted by Gasteiger charge is -2.09. The van der Waals surface area contributed by atoms with Crippen molar-refractivity contribution >= 4 is 26.0 Å². The van der Waals surface area contributed by atoms with Crippen molar-refractivity contribution in [3.05, 3.63) is 59.7 Å². The van der Waals surface area contributed by atoms with Crippen LogP contribution < -0.4 is 9.86 Å². The predicted octanol–water partition coefficient (Wildman–Crippen LogP) is 0.553. The highest BCUT2D eigenvalue weighted by molar-refractivity contribution is 7.89. The van der Waals surface area contributed by atoms with Crippen molar-refractivity contribution in [1.29, 1.82) is 0 Å². The molecule has 2 rings (SSSR count). The van der Waals surface area contributed by atoms with E-state index in [9.17, 15) is 21.6 Å². The van der Waals surface area contributed by atoms with Crippen LogP contribution in [0, 0.1) is 0 Å². The average molecular weight is 384 g/mol. The van der Waals surface area contributed by atoms with Crippen molar-refractivity contribution in [3.8, 4) is 0 Å². The van der Waals surface area contributed by atoms with Gasteiger partial charge in [-0.25, -0.2) is 31.5 Å². The molecule has 0 saturated carbocycles. The first-order valence-corrected chi connectivity index (χ1v) is 10.1. The molecule has 0 aliphatic heterocycles. The zero-order valence-corrected chi connectivity index (χ0v) is 14.5. The summed E-state index contributed by atoms with van der Waals surface area (Å²) in [6.07, 6.45) is 0.291. The topological polar surface area (TPSA) is 144 Å². The fourth-order valence-corrected chi connectivity index (χ4v) is 3.88. The van der Waals surface area contributed by atoms with E-state index >= 15 is 0 Å². The van der Waals surface area contributed by atoms with Crippen LogP contribution in [-0.2, 0) is 26.5 Å². The minimum absolute atomic E-state index is 0.0189. The summed E-state index contributed by atoms with van der Waals surface area (Å²) in [5.41, 5.74) is 0.383. The van der Waals surface area contributed by atoms with Crippen LogP contribution in [-0.4, -0.2) is 34.5 Å². The Balaban J connectivity index is 2.07. The smallest absolute Gasteiger partial charge is 0.337 e. The molecule has 0 spiro atoms. The Bertz CT molecular complexity index is 983. The van der Waals surface area contributed by atoms with Crippen LogP contribution in [0.5, 0.6) is 0 Å². The van der Waals surface area contributed by atoms with Crippen molar-refractivity contribution in [2.45, 2.75) is 16.2 Å². The highest BCUT2D eigenvalue weighted by atomic mass is 32.2. The van der Waals surface area contributed by atoms with E-state index in [4.69, 9.17) is 10.2 Å². The standard InChI is InChI=1S/C15H16N2O6S2/c16-24(20,21)12-7-5-11(6-8-12)9-10-17-25(22,23)14-4-2-1-3-13(14)15(18)19/h1-8,17H,9-10H2,(H,18,19)(H2,16,20,21). The zero-order chi connectivity index (χ0) is 18.7. The lowest BCUT2D eigenvalue weighted by molar-refractivity contribution is 0.0692. The molecule has 0 atom stereocenters. The van der Waals surface area contributed by atoms with Gasteiger partial charge in [-0.2, -0.15) is 0 Å². The molecule has 2 aromatic rings. The summed E-state index contributed by atoms with van der Waals surface area (Å²) in [4.78, 5) is 10.8. The highest BCUT2D eigenvalue weighted by Gasteiger charge is 2.21. The van der Waals surface area contributed by atoms with E-state index in [-0.39, 0.29) is 21.9 Å². The molecule has 0 unspecified atom stereocenters. The SMILES string of the molecule is NS(=O)(=O)c1ccc(CCNS(=O)(=O)c2ccccc2C(=O)O)cc1. The quantitative estimate of drug-likeness (QED) is 0.636. The van der Waals surface area contributed by atoms with E-state index in [0.29, 0.717) is 12.0 Å². The second kappa shape index (κ2) is 7.31. The van der Waals surface area contributed by atoms with Crippen LogP contribution in [0.4, 0.5) is 0 Å². The molecule has 0 bridgehead atoms. The van der Waals surface area contributed by atoms with Crippen LogP contribution in [0.3, 0.4) is 0 Å². The number of nitrogens with one attached hydrogen (secondary N) is 1. The molecule has 0 fully saturated rings. The molecule has 0 aromatic heterocycles. The van der Waals surface area contributed by atoms with E-state index in [0.717, 1.165) is 0 Å². The number of hydrogen-bond donors (Lipinski definition) is 3. The summed E-state index contributed by atoms with van der Waals surface area (Å²) in [6, 6.07) is 11.0. The molecule has 0 aliphatic carbocycles. The van der Waals surface area contributed by atoms with Crippen molar-refractivity contribution in [2.75, 3.05) is 6.54 Å². The van der Waals surface area contributed by atoms with Crippen molar-refractivity contribution < 1.29 is 26.7 Å². The second-order valence-corrected chi connectivity index (χ2v) is 8.43. The van der Waals surface area contributed by atoms with Gasteiger partial charge in [0.1, 0.15) is 0 Å². The van der Waals surface area contributed by atoms with E-state index < -0.39 is 26.0 Å². The predicted molar refractivity (Wildman–Crippen MR) is 90.1 cm³/mol. The summed E-state index contributed by atoms with van der Waals surface area (Å²) >= 11 is 0. The first kappa shape index (κ1) is 19.1. The van der Waals surface area contributed by atoms with Gasteiger partial charge in [0, 0.05) is 6.54 Å². The first-order valence-electron chi connectivity index (χ1n) is 7.05. The summed E-state index contributed by atoms with van der Waals surface area (Å²) in [6.45, 7) is 0.0189. The van der Waals surface area contributed by atoms with Gasteiger partial charge in [-0.1, -0.05) is 24.3 Å². The van der Waals surface area contributed by atoms with Gasteiger partial charge < -0.3 is 5.11 Å². The molecule has 134 valence electrons. The number of carboxylic acid groups (broad SMARTS) is 1. The van der Waals surface area contributed by atoms with E-state index in [1.54, 1.807) is 0 Å². The van der Waals surface area contributed by atoms with Gasteiger partial charge in [0.2, 0.25) is 20.0 Å². The minimum atomic E-state index is -3.98. The maximum absolute atomic E-state index is 12.3. The lowest BCUT2D eigenvalue weighted by atomic mass is 10.2. The number of carboxylic acids is 1. The Labute approximate surface area is 145 Å². The van der Waals surface area contributed by atoms with Crippen molar-refractivity contribution in [3.63, 3.8) is 0 Å². The van der Waals surface area contributed by atoms with Gasteiger partial charge in [-0.15, -0.1) is 0 Å². The number of benzene rings is 2. The number of carbonyl (C=O) groups is 1. The van der Waals surface area contributed by atoms with Crippen LogP contribution in [0.25, 0.3) is 0 Å². The van der Waals surface area contributed by atoms with Gasteiger partial charge in [-0.05, 0) is 36.2 Å². The van der Waals surface area contributed by atoms with Gasteiger partial charge in [-0.3, -0.25) is 0 Å². The molecule has 0 amide bonds. The monoisotopic (exact) mass is 384 g/mol. The summed E-state index contributed by atoms with van der Waals surface area (Å²) in [5.74, 6) is -1.33. The maximum atomic E-state index is 12.3. The Kier molecular flexibility index (Phi) is 5.58. The number of sulfonamides is 2. The lowest BCUT2D eigenvalue weighted by Crippen LogP contribution is -2.27. The highest BCUT2D eigenvalue weighted by Crippen LogP contribution is 2.15. The van der Waals surface area contributed by atoms with Gasteiger partial charge in [0.05, 0.1) is 15.4 Å². The molecule has 0 saturated heterocycles. The second-order valence-electron chi connectivity index (χ2n) is 5.14. The molecule has 25 heavy (non-hydrogen) atoms. The minimum Gasteiger partial charge on any atom is -0.478 e. The molecule has 0 radical (unpaired) electrons. The van der Waals surface area contributed by atoms with Crippen molar-refractivity contribution in [2.24, 2.45) is 5.14 Å². The van der Waals surface area contributed by atoms with Crippen LogP contribution in [0.2, 0.25) is 0 Å². The number of nitrogens with two attached hydrogens (primary N) is 1. The molecule has 8 nitrogen and oxygen atoms in total. The Morgan fingerprint density at radius 2 is 1.60 bits per heavy atom. The normalized spacial score (nSPS) is 12.0. The number of aromatic carboxylic acids is 1. The Morgan fingerprint density at radius 1 is 1.00 bits per heavy atom. The van der Waals surface area contributed by atoms with Gasteiger partial charge in [0.15, 0.2) is 0 Å².